The van der Waals surface area contributed by atoms with Crippen LogP contribution >= 0.6 is 0 Å². The first-order chi connectivity index (χ1) is 9.40. The van der Waals surface area contributed by atoms with Crippen molar-refractivity contribution in [3.63, 3.8) is 0 Å². The minimum Gasteiger partial charge on any atom is -0.212 e. The molecule has 0 aliphatic carbocycles. The average molecular weight is 278 g/mol. The number of hydrogen-bond acceptors (Lipinski definition) is 0. The van der Waals surface area contributed by atoms with Crippen LogP contribution in [0.4, 0.5) is 8.78 Å². The summed E-state index contributed by atoms with van der Waals surface area (Å²) in [5, 5.41) is 0. The van der Waals surface area contributed by atoms with Gasteiger partial charge >= 0.3 is 0 Å². The molecule has 0 rings (SSSR count). The van der Waals surface area contributed by atoms with Crippen molar-refractivity contribution in [2.75, 3.05) is 0 Å². The molecule has 0 saturated carbocycles. The van der Waals surface area contributed by atoms with Gasteiger partial charge in [0.1, 0.15) is 11.7 Å². The summed E-state index contributed by atoms with van der Waals surface area (Å²) in [5.74, 6) is -0.571. The lowest BCUT2D eigenvalue weighted by molar-refractivity contribution is 0.528. The topological polar surface area (TPSA) is 0 Å². The highest BCUT2D eigenvalue weighted by atomic mass is 19.1. The standard InChI is InChI=1S/C18H24F2/c1-6-8-17(9-7-2)15(4)10-11-18(20)13-14(3)12-16(5)19/h6-9,12-13,15H,1,5,10-11H2,2-4H3/b9-7-,14-12-,17-8+,18-13+/t15-/m1/s1. The third-order valence-electron chi connectivity index (χ3n) is 2.82. The molecule has 0 unspecified atom stereocenters. The first kappa shape index (κ1) is 18.3. The Hall–Kier alpha value is -1.70. The Labute approximate surface area is 121 Å². The lowest BCUT2D eigenvalue weighted by Gasteiger charge is -2.12. The van der Waals surface area contributed by atoms with E-state index < -0.39 is 5.83 Å². The SMILES string of the molecule is C=C/C=C(\C=C/C)[C@H](C)CC/C(F)=C\C(C)=C/C(=C)F. The normalized spacial score (nSPS) is 15.6. The second-order valence-electron chi connectivity index (χ2n) is 4.77. The van der Waals surface area contributed by atoms with Gasteiger partial charge < -0.3 is 0 Å². The molecule has 20 heavy (non-hydrogen) atoms. The van der Waals surface area contributed by atoms with Crippen LogP contribution in [0.2, 0.25) is 0 Å². The van der Waals surface area contributed by atoms with Crippen molar-refractivity contribution in [2.24, 2.45) is 5.92 Å². The largest absolute Gasteiger partial charge is 0.212 e. The van der Waals surface area contributed by atoms with E-state index in [2.05, 4.69) is 20.1 Å². The first-order valence-electron chi connectivity index (χ1n) is 6.74. The van der Waals surface area contributed by atoms with Gasteiger partial charge in [0.25, 0.3) is 0 Å². The third kappa shape index (κ3) is 8.41. The van der Waals surface area contributed by atoms with Crippen LogP contribution in [0.15, 0.2) is 72.4 Å². The third-order valence-corrected chi connectivity index (χ3v) is 2.82. The molecule has 0 heterocycles. The van der Waals surface area contributed by atoms with Crippen LogP contribution in [0, 0.1) is 5.92 Å². The molecule has 0 bridgehead atoms. The Morgan fingerprint density at radius 1 is 1.25 bits per heavy atom. The minimum absolute atomic E-state index is 0.240. The fraction of sp³-hybridized carbons (Fsp3) is 0.333. The van der Waals surface area contributed by atoms with Crippen molar-refractivity contribution in [3.8, 4) is 0 Å². The molecule has 0 aromatic carbocycles. The van der Waals surface area contributed by atoms with Crippen molar-refractivity contribution in [3.05, 3.63) is 72.4 Å². The van der Waals surface area contributed by atoms with Gasteiger partial charge in [-0.15, -0.1) is 0 Å². The number of allylic oxidation sites excluding steroid dienone is 10. The van der Waals surface area contributed by atoms with Gasteiger partial charge in [-0.3, -0.25) is 0 Å². The van der Waals surface area contributed by atoms with Crippen molar-refractivity contribution in [2.45, 2.75) is 33.6 Å². The zero-order valence-corrected chi connectivity index (χ0v) is 12.6. The molecule has 0 saturated heterocycles. The fourth-order valence-corrected chi connectivity index (χ4v) is 1.84. The summed E-state index contributed by atoms with van der Waals surface area (Å²) in [6.45, 7) is 12.4. The maximum absolute atomic E-state index is 13.7. The van der Waals surface area contributed by atoms with Gasteiger partial charge in [-0.05, 0) is 55.9 Å². The van der Waals surface area contributed by atoms with Crippen molar-refractivity contribution in [1.29, 1.82) is 0 Å². The van der Waals surface area contributed by atoms with Gasteiger partial charge in [0.2, 0.25) is 0 Å². The zero-order valence-electron chi connectivity index (χ0n) is 12.6. The number of halogens is 2. The molecule has 0 aliphatic rings. The summed E-state index contributed by atoms with van der Waals surface area (Å²) in [6.07, 6.45) is 11.2. The van der Waals surface area contributed by atoms with E-state index >= 15 is 0 Å². The van der Waals surface area contributed by atoms with E-state index in [4.69, 9.17) is 0 Å². The molecule has 0 fully saturated rings. The monoisotopic (exact) mass is 278 g/mol. The van der Waals surface area contributed by atoms with E-state index in [1.54, 1.807) is 13.0 Å². The smallest absolute Gasteiger partial charge is 0.116 e. The number of rotatable bonds is 8. The molecule has 0 radical (unpaired) electrons. The molecule has 0 nitrogen and oxygen atoms in total. The van der Waals surface area contributed by atoms with E-state index in [0.29, 0.717) is 18.4 Å². The summed E-state index contributed by atoms with van der Waals surface area (Å²) < 4.78 is 26.3. The predicted octanol–water partition coefficient (Wildman–Crippen LogP) is 6.37. The molecular weight excluding hydrogens is 254 g/mol. The van der Waals surface area contributed by atoms with Crippen molar-refractivity contribution >= 4 is 0 Å². The molecule has 0 amide bonds. The highest BCUT2D eigenvalue weighted by Gasteiger charge is 2.07. The van der Waals surface area contributed by atoms with E-state index in [-0.39, 0.29) is 11.7 Å². The van der Waals surface area contributed by atoms with Crippen LogP contribution in [0.3, 0.4) is 0 Å². The van der Waals surface area contributed by atoms with Crippen LogP contribution in [0.5, 0.6) is 0 Å². The van der Waals surface area contributed by atoms with Crippen molar-refractivity contribution in [1.82, 2.24) is 0 Å². The summed E-state index contributed by atoms with van der Waals surface area (Å²) in [6, 6.07) is 0. The molecule has 1 atom stereocenters. The Morgan fingerprint density at radius 3 is 2.40 bits per heavy atom. The summed E-state index contributed by atoms with van der Waals surface area (Å²) in [4.78, 5) is 0. The Balaban J connectivity index is 4.61. The van der Waals surface area contributed by atoms with E-state index in [0.717, 1.165) is 5.57 Å². The fourth-order valence-electron chi connectivity index (χ4n) is 1.84. The maximum Gasteiger partial charge on any atom is 0.116 e. The summed E-state index contributed by atoms with van der Waals surface area (Å²) >= 11 is 0. The quantitative estimate of drug-likeness (QED) is 0.452. The van der Waals surface area contributed by atoms with Crippen LogP contribution in [-0.4, -0.2) is 0 Å². The van der Waals surface area contributed by atoms with Gasteiger partial charge in [-0.2, -0.15) is 0 Å². The van der Waals surface area contributed by atoms with E-state index in [1.807, 2.05) is 25.2 Å². The highest BCUT2D eigenvalue weighted by molar-refractivity contribution is 5.26. The second-order valence-corrected chi connectivity index (χ2v) is 4.77. The number of hydrogen-bond donors (Lipinski definition) is 0. The van der Waals surface area contributed by atoms with Crippen LogP contribution in [0.1, 0.15) is 33.6 Å². The van der Waals surface area contributed by atoms with Gasteiger partial charge in [0.05, 0.1) is 0 Å². The molecule has 2 heteroatoms. The van der Waals surface area contributed by atoms with Crippen LogP contribution in [-0.2, 0) is 0 Å². The average Bonchev–Trinajstić information content (AvgIpc) is 2.34. The van der Waals surface area contributed by atoms with Gasteiger partial charge in [0, 0.05) is 0 Å². The minimum atomic E-state index is -0.566. The molecule has 0 aliphatic heterocycles. The van der Waals surface area contributed by atoms with Crippen LogP contribution < -0.4 is 0 Å². The summed E-state index contributed by atoms with van der Waals surface area (Å²) in [7, 11) is 0. The molecule has 0 spiro atoms. The lowest BCUT2D eigenvalue weighted by Crippen LogP contribution is -1.97. The molecule has 0 N–H and O–H groups in total. The molecule has 0 aromatic rings. The molecule has 110 valence electrons. The van der Waals surface area contributed by atoms with Gasteiger partial charge in [0.15, 0.2) is 0 Å². The highest BCUT2D eigenvalue weighted by Crippen LogP contribution is 2.22. The van der Waals surface area contributed by atoms with Gasteiger partial charge in [-0.25, -0.2) is 8.78 Å². The lowest BCUT2D eigenvalue weighted by atomic mass is 9.94. The van der Waals surface area contributed by atoms with Crippen LogP contribution in [0.25, 0.3) is 0 Å². The Bertz CT molecular complexity index is 448. The zero-order chi connectivity index (χ0) is 15.5. The molecule has 0 aromatic heterocycles. The van der Waals surface area contributed by atoms with E-state index in [1.165, 1.54) is 12.2 Å². The maximum atomic E-state index is 13.7. The second kappa shape index (κ2) is 10.1. The Morgan fingerprint density at radius 2 is 1.90 bits per heavy atom. The first-order valence-corrected chi connectivity index (χ1v) is 6.74. The van der Waals surface area contributed by atoms with E-state index in [9.17, 15) is 8.78 Å². The summed E-state index contributed by atoms with van der Waals surface area (Å²) in [5.41, 5.74) is 1.65. The van der Waals surface area contributed by atoms with Crippen molar-refractivity contribution < 1.29 is 8.78 Å². The van der Waals surface area contributed by atoms with Gasteiger partial charge in [-0.1, -0.05) is 44.4 Å². The predicted molar refractivity (Wildman–Crippen MR) is 84.7 cm³/mol. The molecular formula is C18H24F2. The Kier molecular flexibility index (Phi) is 9.27.